The van der Waals surface area contributed by atoms with Gasteiger partial charge in [0.15, 0.2) is 0 Å². The third kappa shape index (κ3) is 2.73. The SMILES string of the molecule is CCNC1C(=O)Nc2cc(N3CCC(O)CC3)c(Cl)cc21. The van der Waals surface area contributed by atoms with E-state index in [1.165, 1.54) is 0 Å². The maximum Gasteiger partial charge on any atom is 0.246 e. The molecular formula is C15H20ClN3O2. The van der Waals surface area contributed by atoms with Crippen molar-refractivity contribution in [1.82, 2.24) is 5.32 Å². The molecule has 1 unspecified atom stereocenters. The van der Waals surface area contributed by atoms with Crippen LogP contribution in [0.4, 0.5) is 11.4 Å². The van der Waals surface area contributed by atoms with Crippen molar-refractivity contribution in [2.75, 3.05) is 29.9 Å². The Labute approximate surface area is 129 Å². The number of fused-ring (bicyclic) bond motifs is 1. The largest absolute Gasteiger partial charge is 0.393 e. The number of aliphatic hydroxyl groups excluding tert-OH is 1. The van der Waals surface area contributed by atoms with E-state index < -0.39 is 0 Å². The fourth-order valence-electron chi connectivity index (χ4n) is 3.03. The summed E-state index contributed by atoms with van der Waals surface area (Å²) in [5.41, 5.74) is 2.67. The van der Waals surface area contributed by atoms with Crippen LogP contribution in [0.2, 0.25) is 5.02 Å². The molecule has 114 valence electrons. The van der Waals surface area contributed by atoms with Crippen LogP contribution in [0.15, 0.2) is 12.1 Å². The molecule has 21 heavy (non-hydrogen) atoms. The molecule has 0 spiro atoms. The number of hydrogen-bond acceptors (Lipinski definition) is 4. The molecule has 1 aromatic rings. The van der Waals surface area contributed by atoms with Gasteiger partial charge in [-0.05, 0) is 31.5 Å². The Morgan fingerprint density at radius 3 is 2.81 bits per heavy atom. The van der Waals surface area contributed by atoms with Gasteiger partial charge < -0.3 is 20.6 Å². The van der Waals surface area contributed by atoms with Crippen LogP contribution in [0.5, 0.6) is 0 Å². The second kappa shape index (κ2) is 5.83. The molecule has 1 atom stereocenters. The number of carbonyl (C=O) groups excluding carboxylic acids is 1. The molecule has 6 heteroatoms. The van der Waals surface area contributed by atoms with Crippen molar-refractivity contribution in [1.29, 1.82) is 0 Å². The van der Waals surface area contributed by atoms with Gasteiger partial charge in [-0.15, -0.1) is 0 Å². The zero-order valence-corrected chi connectivity index (χ0v) is 12.8. The van der Waals surface area contributed by atoms with Crippen molar-refractivity contribution in [3.63, 3.8) is 0 Å². The zero-order chi connectivity index (χ0) is 15.0. The highest BCUT2D eigenvalue weighted by Crippen LogP contribution is 2.39. The van der Waals surface area contributed by atoms with Gasteiger partial charge in [-0.25, -0.2) is 0 Å². The summed E-state index contributed by atoms with van der Waals surface area (Å²) in [6, 6.07) is 3.51. The second-order valence-corrected chi connectivity index (χ2v) is 6.00. The van der Waals surface area contributed by atoms with Crippen LogP contribution >= 0.6 is 11.6 Å². The summed E-state index contributed by atoms with van der Waals surface area (Å²) in [7, 11) is 0. The van der Waals surface area contributed by atoms with Crippen LogP contribution in [-0.4, -0.2) is 36.8 Å². The van der Waals surface area contributed by atoms with Crippen molar-refractivity contribution in [3.8, 4) is 0 Å². The van der Waals surface area contributed by atoms with Gasteiger partial charge in [-0.2, -0.15) is 0 Å². The van der Waals surface area contributed by atoms with E-state index in [4.69, 9.17) is 11.6 Å². The number of nitrogens with zero attached hydrogens (tertiary/aromatic N) is 1. The predicted molar refractivity (Wildman–Crippen MR) is 84.0 cm³/mol. The molecule has 5 nitrogen and oxygen atoms in total. The van der Waals surface area contributed by atoms with Gasteiger partial charge in [0.1, 0.15) is 6.04 Å². The minimum absolute atomic E-state index is 0.0332. The normalized spacial score (nSPS) is 22.3. The molecule has 0 aromatic heterocycles. The number of rotatable bonds is 3. The summed E-state index contributed by atoms with van der Waals surface area (Å²) in [6.45, 7) is 4.26. The number of halogens is 1. The number of aliphatic hydroxyl groups is 1. The fourth-order valence-corrected chi connectivity index (χ4v) is 3.32. The Morgan fingerprint density at radius 2 is 2.14 bits per heavy atom. The quantitative estimate of drug-likeness (QED) is 0.798. The third-order valence-electron chi connectivity index (χ3n) is 4.16. The summed E-state index contributed by atoms with van der Waals surface area (Å²) in [5, 5.41) is 16.3. The van der Waals surface area contributed by atoms with Gasteiger partial charge in [-0.1, -0.05) is 18.5 Å². The highest BCUT2D eigenvalue weighted by atomic mass is 35.5. The minimum atomic E-state index is -0.320. The molecule has 1 saturated heterocycles. The van der Waals surface area contributed by atoms with Crippen LogP contribution in [0, 0.1) is 0 Å². The van der Waals surface area contributed by atoms with Crippen LogP contribution in [0.3, 0.4) is 0 Å². The van der Waals surface area contributed by atoms with Crippen molar-refractivity contribution in [3.05, 3.63) is 22.7 Å². The maximum atomic E-state index is 12.0. The van der Waals surface area contributed by atoms with Gasteiger partial charge in [0.2, 0.25) is 5.91 Å². The second-order valence-electron chi connectivity index (χ2n) is 5.59. The standard InChI is InChI=1S/C15H20ClN3O2/c1-2-17-14-10-7-11(16)13(8-12(10)18-15(14)21)19-5-3-9(20)4-6-19/h7-9,14,17,20H,2-6H2,1H3,(H,18,21). The Kier molecular flexibility index (Phi) is 4.06. The summed E-state index contributed by atoms with van der Waals surface area (Å²) in [4.78, 5) is 14.2. The molecule has 0 aliphatic carbocycles. The first-order chi connectivity index (χ1) is 10.1. The van der Waals surface area contributed by atoms with Crippen LogP contribution in [-0.2, 0) is 4.79 Å². The zero-order valence-electron chi connectivity index (χ0n) is 12.0. The van der Waals surface area contributed by atoms with E-state index in [0.717, 1.165) is 49.4 Å². The molecule has 0 bridgehead atoms. The van der Waals surface area contributed by atoms with Crippen molar-refractivity contribution in [2.24, 2.45) is 0 Å². The number of amides is 1. The van der Waals surface area contributed by atoms with E-state index in [1.807, 2.05) is 19.1 Å². The lowest BCUT2D eigenvalue weighted by Crippen LogP contribution is -2.36. The highest BCUT2D eigenvalue weighted by Gasteiger charge is 2.31. The van der Waals surface area contributed by atoms with Gasteiger partial charge in [0, 0.05) is 24.3 Å². The van der Waals surface area contributed by atoms with E-state index in [9.17, 15) is 9.90 Å². The molecule has 0 radical (unpaired) electrons. The topological polar surface area (TPSA) is 64.6 Å². The number of benzene rings is 1. The molecule has 0 saturated carbocycles. The minimum Gasteiger partial charge on any atom is -0.393 e. The Balaban J connectivity index is 1.89. The monoisotopic (exact) mass is 309 g/mol. The Bertz CT molecular complexity index is 556. The predicted octanol–water partition coefficient (Wildman–Crippen LogP) is 1.90. The van der Waals surface area contributed by atoms with E-state index in [1.54, 1.807) is 0 Å². The number of anilines is 2. The summed E-state index contributed by atoms with van der Waals surface area (Å²) >= 11 is 6.42. The molecule has 3 N–H and O–H groups in total. The number of piperidine rings is 1. The average molecular weight is 310 g/mol. The first kappa shape index (κ1) is 14.6. The molecule has 3 rings (SSSR count). The number of carbonyl (C=O) groups is 1. The average Bonchev–Trinajstić information content (AvgIpc) is 2.76. The lowest BCUT2D eigenvalue weighted by molar-refractivity contribution is -0.117. The van der Waals surface area contributed by atoms with Gasteiger partial charge >= 0.3 is 0 Å². The van der Waals surface area contributed by atoms with Crippen LogP contribution < -0.4 is 15.5 Å². The van der Waals surface area contributed by atoms with E-state index in [2.05, 4.69) is 15.5 Å². The van der Waals surface area contributed by atoms with Gasteiger partial charge in [0.05, 0.1) is 16.8 Å². The molecule has 1 amide bonds. The summed E-state index contributed by atoms with van der Waals surface area (Å²) < 4.78 is 0. The van der Waals surface area contributed by atoms with E-state index in [-0.39, 0.29) is 18.1 Å². The smallest absolute Gasteiger partial charge is 0.246 e. The third-order valence-corrected chi connectivity index (χ3v) is 4.47. The van der Waals surface area contributed by atoms with Gasteiger partial charge in [-0.3, -0.25) is 4.79 Å². The molecular weight excluding hydrogens is 290 g/mol. The Hall–Kier alpha value is -1.30. The first-order valence-corrected chi connectivity index (χ1v) is 7.78. The van der Waals surface area contributed by atoms with Crippen LogP contribution in [0.1, 0.15) is 31.4 Å². The van der Waals surface area contributed by atoms with Crippen molar-refractivity contribution < 1.29 is 9.90 Å². The molecule has 1 aromatic carbocycles. The highest BCUT2D eigenvalue weighted by molar-refractivity contribution is 6.33. The first-order valence-electron chi connectivity index (χ1n) is 7.41. The number of hydrogen-bond donors (Lipinski definition) is 3. The summed E-state index contributed by atoms with van der Waals surface area (Å²) in [5.74, 6) is -0.0332. The molecule has 2 aliphatic heterocycles. The van der Waals surface area contributed by atoms with E-state index >= 15 is 0 Å². The summed E-state index contributed by atoms with van der Waals surface area (Å²) in [6.07, 6.45) is 1.28. The fraction of sp³-hybridized carbons (Fsp3) is 0.533. The lowest BCUT2D eigenvalue weighted by atomic mass is 10.0. The molecule has 2 aliphatic rings. The van der Waals surface area contributed by atoms with Crippen molar-refractivity contribution >= 4 is 28.9 Å². The Morgan fingerprint density at radius 1 is 1.43 bits per heavy atom. The number of likely N-dealkylation sites (N-methyl/N-ethyl adjacent to an activating group) is 1. The molecule has 2 heterocycles. The van der Waals surface area contributed by atoms with E-state index in [0.29, 0.717) is 5.02 Å². The van der Waals surface area contributed by atoms with Gasteiger partial charge in [0.25, 0.3) is 0 Å². The maximum absolute atomic E-state index is 12.0. The number of nitrogens with one attached hydrogen (secondary N) is 2. The molecule has 1 fully saturated rings. The lowest BCUT2D eigenvalue weighted by Gasteiger charge is -2.32. The van der Waals surface area contributed by atoms with Crippen molar-refractivity contribution in [2.45, 2.75) is 31.9 Å². The van der Waals surface area contributed by atoms with Crippen LogP contribution in [0.25, 0.3) is 0 Å².